The maximum atomic E-state index is 12.2. The molecular formula is C16H22F3NO. The van der Waals surface area contributed by atoms with Crippen molar-refractivity contribution in [3.8, 4) is 0 Å². The minimum Gasteiger partial charge on any atom is -0.372 e. The van der Waals surface area contributed by atoms with Gasteiger partial charge in [-0.3, -0.25) is 0 Å². The van der Waals surface area contributed by atoms with Crippen LogP contribution in [0, 0.1) is 12.8 Å². The van der Waals surface area contributed by atoms with Gasteiger partial charge in [-0.1, -0.05) is 29.8 Å². The molecule has 0 amide bonds. The van der Waals surface area contributed by atoms with Gasteiger partial charge in [0, 0.05) is 12.6 Å². The van der Waals surface area contributed by atoms with Gasteiger partial charge in [0.2, 0.25) is 0 Å². The first kappa shape index (κ1) is 16.3. The SMILES string of the molecule is Cc1cccc(CC(CNC2CC2)COCC(F)(F)F)c1. The van der Waals surface area contributed by atoms with E-state index in [2.05, 4.69) is 11.4 Å². The molecule has 1 aliphatic rings. The van der Waals surface area contributed by atoms with E-state index in [0.29, 0.717) is 12.6 Å². The van der Waals surface area contributed by atoms with Gasteiger partial charge in [0.05, 0.1) is 6.61 Å². The van der Waals surface area contributed by atoms with Crippen molar-refractivity contribution in [3.63, 3.8) is 0 Å². The Bertz CT molecular complexity index is 443. The van der Waals surface area contributed by atoms with Gasteiger partial charge >= 0.3 is 6.18 Å². The van der Waals surface area contributed by atoms with Crippen molar-refractivity contribution >= 4 is 0 Å². The molecule has 5 heteroatoms. The number of halogens is 3. The zero-order valence-corrected chi connectivity index (χ0v) is 12.2. The lowest BCUT2D eigenvalue weighted by Gasteiger charge is -2.19. The molecule has 1 fully saturated rings. The lowest BCUT2D eigenvalue weighted by molar-refractivity contribution is -0.176. The zero-order valence-electron chi connectivity index (χ0n) is 12.2. The van der Waals surface area contributed by atoms with Gasteiger partial charge in [-0.05, 0) is 37.7 Å². The third-order valence-electron chi connectivity index (χ3n) is 3.50. The summed E-state index contributed by atoms with van der Waals surface area (Å²) in [6, 6.07) is 8.63. The second-order valence-corrected chi connectivity index (χ2v) is 5.87. The van der Waals surface area contributed by atoms with E-state index in [1.54, 1.807) is 0 Å². The highest BCUT2D eigenvalue weighted by atomic mass is 19.4. The third kappa shape index (κ3) is 6.96. The Kier molecular flexibility index (Phi) is 5.65. The van der Waals surface area contributed by atoms with Crippen molar-refractivity contribution in [2.24, 2.45) is 5.92 Å². The number of nitrogens with one attached hydrogen (secondary N) is 1. The summed E-state index contributed by atoms with van der Waals surface area (Å²) in [7, 11) is 0. The molecule has 1 aromatic carbocycles. The Hall–Kier alpha value is -1.07. The highest BCUT2D eigenvalue weighted by Gasteiger charge is 2.28. The van der Waals surface area contributed by atoms with Crippen LogP contribution >= 0.6 is 0 Å². The van der Waals surface area contributed by atoms with Crippen LogP contribution in [0.3, 0.4) is 0 Å². The molecule has 0 saturated heterocycles. The largest absolute Gasteiger partial charge is 0.411 e. The maximum Gasteiger partial charge on any atom is 0.411 e. The van der Waals surface area contributed by atoms with Crippen molar-refractivity contribution in [2.75, 3.05) is 19.8 Å². The minimum atomic E-state index is -4.25. The zero-order chi connectivity index (χ0) is 15.3. The molecule has 0 heterocycles. The van der Waals surface area contributed by atoms with Gasteiger partial charge in [0.1, 0.15) is 6.61 Å². The number of ether oxygens (including phenoxy) is 1. The fourth-order valence-electron chi connectivity index (χ4n) is 2.32. The Morgan fingerprint density at radius 2 is 2.10 bits per heavy atom. The molecular weight excluding hydrogens is 279 g/mol. The topological polar surface area (TPSA) is 21.3 Å². The van der Waals surface area contributed by atoms with Gasteiger partial charge in [-0.2, -0.15) is 13.2 Å². The second-order valence-electron chi connectivity index (χ2n) is 5.87. The van der Waals surface area contributed by atoms with Crippen molar-refractivity contribution in [2.45, 2.75) is 38.4 Å². The number of alkyl halides is 3. The van der Waals surface area contributed by atoms with Crippen LogP contribution < -0.4 is 5.32 Å². The fourth-order valence-corrected chi connectivity index (χ4v) is 2.32. The lowest BCUT2D eigenvalue weighted by atomic mass is 9.98. The second kappa shape index (κ2) is 7.27. The van der Waals surface area contributed by atoms with Gasteiger partial charge in [0.25, 0.3) is 0 Å². The number of benzene rings is 1. The van der Waals surface area contributed by atoms with E-state index in [1.807, 2.05) is 25.1 Å². The van der Waals surface area contributed by atoms with Crippen molar-refractivity contribution in [1.82, 2.24) is 5.32 Å². The van der Waals surface area contributed by atoms with Gasteiger partial charge in [0.15, 0.2) is 0 Å². The number of rotatable bonds is 8. The average molecular weight is 301 g/mol. The quantitative estimate of drug-likeness (QED) is 0.793. The van der Waals surface area contributed by atoms with E-state index in [0.717, 1.165) is 17.5 Å². The molecule has 1 N–H and O–H groups in total. The summed E-state index contributed by atoms with van der Waals surface area (Å²) in [5, 5.41) is 3.38. The average Bonchev–Trinajstić information content (AvgIpc) is 3.18. The van der Waals surface area contributed by atoms with Crippen LogP contribution in [-0.4, -0.2) is 32.0 Å². The Labute approximate surface area is 123 Å². The predicted octanol–water partition coefficient (Wildman–Crippen LogP) is 3.48. The summed E-state index contributed by atoms with van der Waals surface area (Å²) in [4.78, 5) is 0. The Morgan fingerprint density at radius 3 is 2.71 bits per heavy atom. The van der Waals surface area contributed by atoms with Crippen molar-refractivity contribution < 1.29 is 17.9 Å². The molecule has 1 aliphatic carbocycles. The van der Waals surface area contributed by atoms with Crippen LogP contribution in [0.5, 0.6) is 0 Å². The number of hydrogen-bond acceptors (Lipinski definition) is 2. The molecule has 118 valence electrons. The summed E-state index contributed by atoms with van der Waals surface area (Å²) in [5.41, 5.74) is 2.31. The first-order valence-corrected chi connectivity index (χ1v) is 7.36. The van der Waals surface area contributed by atoms with Gasteiger partial charge in [-0.25, -0.2) is 0 Å². The van der Waals surface area contributed by atoms with E-state index in [1.165, 1.54) is 12.8 Å². The van der Waals surface area contributed by atoms with Crippen LogP contribution in [0.1, 0.15) is 24.0 Å². The number of aryl methyl sites for hydroxylation is 1. The Balaban J connectivity index is 1.84. The van der Waals surface area contributed by atoms with Crippen LogP contribution in [0.25, 0.3) is 0 Å². The Morgan fingerprint density at radius 1 is 1.33 bits per heavy atom. The maximum absolute atomic E-state index is 12.2. The first-order valence-electron chi connectivity index (χ1n) is 7.36. The number of hydrogen-bond donors (Lipinski definition) is 1. The standard InChI is InChI=1S/C16H22F3NO/c1-12-3-2-4-13(7-12)8-14(9-20-15-5-6-15)10-21-11-16(17,18)19/h2-4,7,14-15,20H,5-6,8-11H2,1H3. The molecule has 21 heavy (non-hydrogen) atoms. The fraction of sp³-hybridized carbons (Fsp3) is 0.625. The highest BCUT2D eigenvalue weighted by Crippen LogP contribution is 2.20. The normalized spacial score (nSPS) is 17.0. The van der Waals surface area contributed by atoms with E-state index in [9.17, 15) is 13.2 Å². The van der Waals surface area contributed by atoms with Gasteiger partial charge in [-0.15, -0.1) is 0 Å². The molecule has 1 unspecified atom stereocenters. The first-order chi connectivity index (χ1) is 9.92. The van der Waals surface area contributed by atoms with Crippen molar-refractivity contribution in [1.29, 1.82) is 0 Å². The molecule has 2 nitrogen and oxygen atoms in total. The van der Waals surface area contributed by atoms with E-state index in [4.69, 9.17) is 4.74 Å². The molecule has 2 rings (SSSR count). The van der Waals surface area contributed by atoms with Crippen LogP contribution in [0.4, 0.5) is 13.2 Å². The summed E-state index contributed by atoms with van der Waals surface area (Å²) in [5.74, 6) is 0.0646. The van der Waals surface area contributed by atoms with Crippen molar-refractivity contribution in [3.05, 3.63) is 35.4 Å². The summed E-state index contributed by atoms with van der Waals surface area (Å²) in [6.45, 7) is 1.69. The molecule has 1 atom stereocenters. The third-order valence-corrected chi connectivity index (χ3v) is 3.50. The predicted molar refractivity (Wildman–Crippen MR) is 76.3 cm³/mol. The molecule has 1 saturated carbocycles. The van der Waals surface area contributed by atoms with Gasteiger partial charge < -0.3 is 10.1 Å². The molecule has 1 aromatic rings. The smallest absolute Gasteiger partial charge is 0.372 e. The minimum absolute atomic E-state index is 0.0646. The summed E-state index contributed by atoms with van der Waals surface area (Å²) in [6.07, 6.45) is -1.18. The summed E-state index contributed by atoms with van der Waals surface area (Å²) >= 11 is 0. The van der Waals surface area contributed by atoms with Crippen LogP contribution in [0.15, 0.2) is 24.3 Å². The molecule has 0 bridgehead atoms. The van der Waals surface area contributed by atoms with E-state index < -0.39 is 12.8 Å². The van der Waals surface area contributed by atoms with Crippen LogP contribution in [0.2, 0.25) is 0 Å². The summed E-state index contributed by atoms with van der Waals surface area (Å²) < 4.78 is 41.4. The van der Waals surface area contributed by atoms with E-state index in [-0.39, 0.29) is 12.5 Å². The molecule has 0 aromatic heterocycles. The molecule has 0 spiro atoms. The lowest BCUT2D eigenvalue weighted by Crippen LogP contribution is -2.30. The monoisotopic (exact) mass is 301 g/mol. The molecule has 0 aliphatic heterocycles. The van der Waals surface area contributed by atoms with Crippen LogP contribution in [-0.2, 0) is 11.2 Å². The van der Waals surface area contributed by atoms with E-state index >= 15 is 0 Å². The highest BCUT2D eigenvalue weighted by molar-refractivity contribution is 5.22. The molecule has 0 radical (unpaired) electrons.